The molecular formula is C15H13ClO2. The van der Waals surface area contributed by atoms with E-state index < -0.39 is 6.10 Å². The van der Waals surface area contributed by atoms with Crippen LogP contribution in [0.25, 0.3) is 0 Å². The lowest BCUT2D eigenvalue weighted by molar-refractivity contribution is -0.144. The lowest BCUT2D eigenvalue weighted by Gasteiger charge is -2.18. The van der Waals surface area contributed by atoms with Crippen molar-refractivity contribution in [2.75, 3.05) is 0 Å². The molecule has 0 bridgehead atoms. The van der Waals surface area contributed by atoms with Crippen LogP contribution in [0.5, 0.6) is 0 Å². The van der Waals surface area contributed by atoms with Crippen molar-refractivity contribution in [2.45, 2.75) is 13.0 Å². The Morgan fingerprint density at radius 2 is 1.67 bits per heavy atom. The SMILES string of the molecule is CC(=O)OC(c1ccccc1)c1ccccc1Cl. The largest absolute Gasteiger partial charge is 0.453 e. The van der Waals surface area contributed by atoms with Crippen LogP contribution in [0.3, 0.4) is 0 Å². The number of rotatable bonds is 3. The number of ether oxygens (including phenoxy) is 1. The van der Waals surface area contributed by atoms with Crippen molar-refractivity contribution in [3.63, 3.8) is 0 Å². The average molecular weight is 261 g/mol. The molecule has 0 aliphatic rings. The van der Waals surface area contributed by atoms with Gasteiger partial charge in [-0.3, -0.25) is 4.79 Å². The molecule has 0 amide bonds. The van der Waals surface area contributed by atoms with Crippen LogP contribution in [0.15, 0.2) is 54.6 Å². The first kappa shape index (κ1) is 12.7. The van der Waals surface area contributed by atoms with Gasteiger partial charge >= 0.3 is 5.97 Å². The minimum atomic E-state index is -0.461. The molecule has 0 aliphatic heterocycles. The Morgan fingerprint density at radius 3 is 2.28 bits per heavy atom. The van der Waals surface area contributed by atoms with Gasteiger partial charge in [0.2, 0.25) is 0 Å². The van der Waals surface area contributed by atoms with E-state index in [-0.39, 0.29) is 5.97 Å². The molecule has 0 radical (unpaired) electrons. The predicted molar refractivity (Wildman–Crippen MR) is 71.5 cm³/mol. The maximum atomic E-state index is 11.2. The van der Waals surface area contributed by atoms with Crippen LogP contribution < -0.4 is 0 Å². The summed E-state index contributed by atoms with van der Waals surface area (Å²) in [6.07, 6.45) is -0.461. The molecule has 3 heteroatoms. The molecule has 2 aromatic carbocycles. The summed E-state index contributed by atoms with van der Waals surface area (Å²) < 4.78 is 5.38. The Bertz CT molecular complexity index is 537. The van der Waals surface area contributed by atoms with Crippen molar-refractivity contribution in [1.29, 1.82) is 0 Å². The molecule has 18 heavy (non-hydrogen) atoms. The highest BCUT2D eigenvalue weighted by Gasteiger charge is 2.19. The number of carbonyl (C=O) groups is 1. The van der Waals surface area contributed by atoms with Crippen molar-refractivity contribution in [3.8, 4) is 0 Å². The van der Waals surface area contributed by atoms with Crippen LogP contribution in [0.4, 0.5) is 0 Å². The molecular weight excluding hydrogens is 248 g/mol. The Balaban J connectivity index is 2.44. The van der Waals surface area contributed by atoms with Crippen LogP contribution >= 0.6 is 11.6 Å². The van der Waals surface area contributed by atoms with Gasteiger partial charge in [-0.15, -0.1) is 0 Å². The van der Waals surface area contributed by atoms with Gasteiger partial charge < -0.3 is 4.74 Å². The highest BCUT2D eigenvalue weighted by atomic mass is 35.5. The molecule has 1 unspecified atom stereocenters. The third-order valence-electron chi connectivity index (χ3n) is 2.57. The highest BCUT2D eigenvalue weighted by Crippen LogP contribution is 2.31. The van der Waals surface area contributed by atoms with Gasteiger partial charge in [-0.25, -0.2) is 0 Å². The fourth-order valence-corrected chi connectivity index (χ4v) is 2.03. The molecule has 92 valence electrons. The number of halogens is 1. The average Bonchev–Trinajstić information content (AvgIpc) is 2.38. The molecule has 0 aromatic heterocycles. The zero-order valence-corrected chi connectivity index (χ0v) is 10.7. The fourth-order valence-electron chi connectivity index (χ4n) is 1.79. The minimum Gasteiger partial charge on any atom is -0.453 e. The van der Waals surface area contributed by atoms with Gasteiger partial charge in [-0.1, -0.05) is 60.1 Å². The van der Waals surface area contributed by atoms with Gasteiger partial charge in [-0.2, -0.15) is 0 Å². The first-order chi connectivity index (χ1) is 8.68. The van der Waals surface area contributed by atoms with Gasteiger partial charge in [-0.05, 0) is 11.6 Å². The van der Waals surface area contributed by atoms with E-state index in [1.807, 2.05) is 48.5 Å². The third-order valence-corrected chi connectivity index (χ3v) is 2.92. The van der Waals surface area contributed by atoms with Crippen LogP contribution in [0.1, 0.15) is 24.2 Å². The monoisotopic (exact) mass is 260 g/mol. The normalized spacial score (nSPS) is 11.9. The first-order valence-corrected chi connectivity index (χ1v) is 6.03. The van der Waals surface area contributed by atoms with E-state index in [1.165, 1.54) is 6.92 Å². The smallest absolute Gasteiger partial charge is 0.303 e. The van der Waals surface area contributed by atoms with Crippen LogP contribution in [-0.2, 0) is 9.53 Å². The summed E-state index contributed by atoms with van der Waals surface area (Å²) in [4.78, 5) is 11.2. The molecule has 2 rings (SSSR count). The summed E-state index contributed by atoms with van der Waals surface area (Å²) in [5, 5.41) is 0.590. The molecule has 0 heterocycles. The van der Waals surface area contributed by atoms with E-state index in [0.717, 1.165) is 11.1 Å². The van der Waals surface area contributed by atoms with E-state index in [4.69, 9.17) is 16.3 Å². The molecule has 0 aliphatic carbocycles. The van der Waals surface area contributed by atoms with Crippen molar-refractivity contribution < 1.29 is 9.53 Å². The van der Waals surface area contributed by atoms with Crippen LogP contribution in [0.2, 0.25) is 5.02 Å². The lowest BCUT2D eigenvalue weighted by Crippen LogP contribution is -2.10. The second-order valence-corrected chi connectivity index (χ2v) is 4.33. The van der Waals surface area contributed by atoms with Crippen molar-refractivity contribution in [3.05, 3.63) is 70.7 Å². The molecule has 0 saturated heterocycles. The zero-order valence-electron chi connectivity index (χ0n) is 9.97. The molecule has 0 spiro atoms. The topological polar surface area (TPSA) is 26.3 Å². The molecule has 1 atom stereocenters. The van der Waals surface area contributed by atoms with E-state index >= 15 is 0 Å². The van der Waals surface area contributed by atoms with Crippen molar-refractivity contribution >= 4 is 17.6 Å². The Kier molecular flexibility index (Phi) is 4.00. The Hall–Kier alpha value is -1.80. The van der Waals surface area contributed by atoms with E-state index in [0.29, 0.717) is 5.02 Å². The van der Waals surface area contributed by atoms with Gasteiger partial charge in [0.1, 0.15) is 0 Å². The maximum Gasteiger partial charge on any atom is 0.303 e. The summed E-state index contributed by atoms with van der Waals surface area (Å²) in [7, 11) is 0. The summed E-state index contributed by atoms with van der Waals surface area (Å²) in [5.41, 5.74) is 1.70. The number of benzene rings is 2. The molecule has 0 saturated carbocycles. The first-order valence-electron chi connectivity index (χ1n) is 5.65. The summed E-state index contributed by atoms with van der Waals surface area (Å²) in [5.74, 6) is -0.330. The van der Waals surface area contributed by atoms with E-state index in [9.17, 15) is 4.79 Å². The zero-order chi connectivity index (χ0) is 13.0. The Morgan fingerprint density at radius 1 is 1.06 bits per heavy atom. The van der Waals surface area contributed by atoms with Gasteiger partial charge in [0, 0.05) is 17.5 Å². The van der Waals surface area contributed by atoms with E-state index in [2.05, 4.69) is 0 Å². The van der Waals surface area contributed by atoms with E-state index in [1.54, 1.807) is 6.07 Å². The maximum absolute atomic E-state index is 11.2. The van der Waals surface area contributed by atoms with Crippen LogP contribution in [-0.4, -0.2) is 5.97 Å². The molecule has 2 aromatic rings. The third kappa shape index (κ3) is 2.90. The molecule has 2 nitrogen and oxygen atoms in total. The second-order valence-electron chi connectivity index (χ2n) is 3.92. The number of carbonyl (C=O) groups excluding carboxylic acids is 1. The van der Waals surface area contributed by atoms with Crippen molar-refractivity contribution in [2.24, 2.45) is 0 Å². The second kappa shape index (κ2) is 5.69. The molecule has 0 N–H and O–H groups in total. The van der Waals surface area contributed by atoms with Gasteiger partial charge in [0.25, 0.3) is 0 Å². The summed E-state index contributed by atoms with van der Waals surface area (Å²) in [6, 6.07) is 16.9. The molecule has 0 fully saturated rings. The quantitative estimate of drug-likeness (QED) is 0.780. The van der Waals surface area contributed by atoms with Crippen molar-refractivity contribution in [1.82, 2.24) is 0 Å². The summed E-state index contributed by atoms with van der Waals surface area (Å²) in [6.45, 7) is 1.40. The van der Waals surface area contributed by atoms with Gasteiger partial charge in [0.15, 0.2) is 6.10 Å². The predicted octanol–water partition coefficient (Wildman–Crippen LogP) is 3.99. The lowest BCUT2D eigenvalue weighted by atomic mass is 10.0. The standard InChI is InChI=1S/C15H13ClO2/c1-11(17)18-15(12-7-3-2-4-8-12)13-9-5-6-10-14(13)16/h2-10,15H,1H3. The minimum absolute atomic E-state index is 0.330. The number of hydrogen-bond donors (Lipinski definition) is 0. The van der Waals surface area contributed by atoms with Crippen LogP contribution in [0, 0.1) is 0 Å². The highest BCUT2D eigenvalue weighted by molar-refractivity contribution is 6.31. The van der Waals surface area contributed by atoms with Gasteiger partial charge in [0.05, 0.1) is 0 Å². The Labute approximate surface area is 111 Å². The number of hydrogen-bond acceptors (Lipinski definition) is 2. The summed E-state index contributed by atoms with van der Waals surface area (Å²) >= 11 is 6.16. The number of esters is 1. The fraction of sp³-hybridized carbons (Fsp3) is 0.133.